The number of hydrogen-bond acceptors (Lipinski definition) is 5. The van der Waals surface area contributed by atoms with E-state index in [4.69, 9.17) is 4.74 Å². The van der Waals surface area contributed by atoms with Crippen molar-refractivity contribution < 1.29 is 14.6 Å². The van der Waals surface area contributed by atoms with Crippen LogP contribution in [0.15, 0.2) is 17.5 Å². The highest BCUT2D eigenvalue weighted by molar-refractivity contribution is 8.03. The van der Waals surface area contributed by atoms with Crippen LogP contribution in [-0.2, 0) is 15.6 Å². The van der Waals surface area contributed by atoms with E-state index in [-0.39, 0.29) is 22.4 Å². The molecule has 5 nitrogen and oxygen atoms in total. The molecule has 1 aliphatic heterocycles. The van der Waals surface area contributed by atoms with E-state index in [0.717, 1.165) is 28.9 Å². The van der Waals surface area contributed by atoms with Crippen molar-refractivity contribution in [1.29, 1.82) is 0 Å². The van der Waals surface area contributed by atoms with Gasteiger partial charge >= 0.3 is 6.09 Å². The number of phenols is 1. The molecule has 174 valence electrons. The number of carbonyl (C=O) groups is 1. The SMILES string of the molecule is CCN(C)C1SC=C(c2cc(C(C)(C)C)c(O)c(C(C)(C)C)c2)N1C(=O)OC(C)(C)C. The highest BCUT2D eigenvalue weighted by Crippen LogP contribution is 2.45. The van der Waals surface area contributed by atoms with Gasteiger partial charge in [-0.3, -0.25) is 9.80 Å². The number of phenolic OH excluding ortho intramolecular Hbond substituents is 1. The van der Waals surface area contributed by atoms with E-state index in [1.807, 2.05) is 45.4 Å². The predicted octanol–water partition coefficient (Wildman–Crippen LogP) is 6.50. The smallest absolute Gasteiger partial charge is 0.416 e. The first-order chi connectivity index (χ1) is 14.0. The van der Waals surface area contributed by atoms with Gasteiger partial charge in [-0.25, -0.2) is 4.79 Å². The molecule has 1 amide bonds. The number of carbonyl (C=O) groups excluding carboxylic acids is 1. The van der Waals surface area contributed by atoms with Crippen molar-refractivity contribution in [2.75, 3.05) is 13.6 Å². The highest BCUT2D eigenvalue weighted by Gasteiger charge is 2.39. The van der Waals surface area contributed by atoms with E-state index in [9.17, 15) is 9.90 Å². The molecule has 0 saturated heterocycles. The van der Waals surface area contributed by atoms with Gasteiger partial charge in [0.1, 0.15) is 16.8 Å². The summed E-state index contributed by atoms with van der Waals surface area (Å²) in [6.07, 6.45) is -0.364. The van der Waals surface area contributed by atoms with Crippen LogP contribution < -0.4 is 0 Å². The van der Waals surface area contributed by atoms with E-state index < -0.39 is 5.60 Å². The third-order valence-corrected chi connectivity index (χ3v) is 6.44. The Morgan fingerprint density at radius 2 is 1.55 bits per heavy atom. The van der Waals surface area contributed by atoms with Crippen LogP contribution in [0.25, 0.3) is 5.70 Å². The zero-order valence-corrected chi connectivity index (χ0v) is 21.9. The summed E-state index contributed by atoms with van der Waals surface area (Å²) in [6, 6.07) is 4.03. The number of aromatic hydroxyl groups is 1. The first-order valence-electron chi connectivity index (χ1n) is 10.9. The minimum Gasteiger partial charge on any atom is -0.507 e. The maximum absolute atomic E-state index is 13.3. The summed E-state index contributed by atoms with van der Waals surface area (Å²) in [5.74, 6) is 0.334. The van der Waals surface area contributed by atoms with Crippen LogP contribution in [-0.4, -0.2) is 45.7 Å². The van der Waals surface area contributed by atoms with Crippen LogP contribution in [0.5, 0.6) is 5.75 Å². The van der Waals surface area contributed by atoms with E-state index in [1.165, 1.54) is 0 Å². The molecule has 2 rings (SSSR count). The van der Waals surface area contributed by atoms with Gasteiger partial charge in [0, 0.05) is 11.1 Å². The molecule has 1 aromatic carbocycles. The summed E-state index contributed by atoms with van der Waals surface area (Å²) in [6.45, 7) is 21.1. The third kappa shape index (κ3) is 5.78. The highest BCUT2D eigenvalue weighted by atomic mass is 32.2. The monoisotopic (exact) mass is 448 g/mol. The van der Waals surface area contributed by atoms with Crippen LogP contribution in [0.4, 0.5) is 4.79 Å². The Morgan fingerprint density at radius 3 is 1.94 bits per heavy atom. The van der Waals surface area contributed by atoms with Gasteiger partial charge in [0.25, 0.3) is 0 Å². The summed E-state index contributed by atoms with van der Waals surface area (Å²) in [7, 11) is 2.00. The van der Waals surface area contributed by atoms with Gasteiger partial charge in [-0.2, -0.15) is 0 Å². The van der Waals surface area contributed by atoms with Crippen molar-refractivity contribution in [2.24, 2.45) is 0 Å². The molecule has 0 spiro atoms. The van der Waals surface area contributed by atoms with Crippen LogP contribution in [0, 0.1) is 0 Å². The summed E-state index contributed by atoms with van der Waals surface area (Å²) < 4.78 is 5.77. The molecule has 0 bridgehead atoms. The number of rotatable bonds is 3. The quantitative estimate of drug-likeness (QED) is 0.571. The second-order valence-corrected chi connectivity index (χ2v) is 12.2. The topological polar surface area (TPSA) is 53.0 Å². The zero-order valence-electron chi connectivity index (χ0n) is 21.1. The number of nitrogens with zero attached hydrogens (tertiary/aromatic N) is 2. The van der Waals surface area contributed by atoms with Gasteiger partial charge in [-0.15, -0.1) is 0 Å². The van der Waals surface area contributed by atoms with Crippen molar-refractivity contribution in [3.05, 3.63) is 34.2 Å². The van der Waals surface area contributed by atoms with E-state index in [2.05, 4.69) is 53.4 Å². The lowest BCUT2D eigenvalue weighted by molar-refractivity contribution is 0.0255. The Bertz CT molecular complexity index is 822. The molecule has 0 radical (unpaired) electrons. The van der Waals surface area contributed by atoms with Gasteiger partial charge < -0.3 is 9.84 Å². The molecule has 6 heteroatoms. The molecule has 0 aliphatic carbocycles. The lowest BCUT2D eigenvalue weighted by atomic mass is 9.78. The molecule has 31 heavy (non-hydrogen) atoms. The molecule has 0 fully saturated rings. The van der Waals surface area contributed by atoms with Crippen molar-refractivity contribution in [2.45, 2.75) is 91.2 Å². The molecular weight excluding hydrogens is 408 g/mol. The summed E-state index contributed by atoms with van der Waals surface area (Å²) in [5.41, 5.74) is 2.20. The molecule has 1 aromatic rings. The summed E-state index contributed by atoms with van der Waals surface area (Å²) in [5, 5.41) is 13.1. The fourth-order valence-corrected chi connectivity index (χ4v) is 4.63. The number of ether oxygens (including phenoxy) is 1. The van der Waals surface area contributed by atoms with Gasteiger partial charge in [0.15, 0.2) is 0 Å². The predicted molar refractivity (Wildman–Crippen MR) is 131 cm³/mol. The van der Waals surface area contributed by atoms with E-state index in [1.54, 1.807) is 16.7 Å². The van der Waals surface area contributed by atoms with Crippen molar-refractivity contribution in [3.63, 3.8) is 0 Å². The number of hydrogen-bond donors (Lipinski definition) is 1. The molecule has 1 heterocycles. The van der Waals surface area contributed by atoms with Crippen molar-refractivity contribution >= 4 is 23.6 Å². The molecule has 1 atom stereocenters. The average molecular weight is 449 g/mol. The van der Waals surface area contributed by atoms with E-state index >= 15 is 0 Å². The Hall–Kier alpha value is -1.66. The van der Waals surface area contributed by atoms with Crippen LogP contribution in [0.3, 0.4) is 0 Å². The summed E-state index contributed by atoms with van der Waals surface area (Å²) in [4.78, 5) is 17.1. The molecule has 1 aliphatic rings. The van der Waals surface area contributed by atoms with Gasteiger partial charge in [-0.05, 0) is 68.3 Å². The third-order valence-electron chi connectivity index (χ3n) is 5.27. The number of amides is 1. The fraction of sp³-hybridized carbons (Fsp3) is 0.640. The van der Waals surface area contributed by atoms with Gasteiger partial charge in [-0.1, -0.05) is 60.2 Å². The Labute approximate surface area is 192 Å². The molecular formula is C25H40N2O3S. The maximum Gasteiger partial charge on any atom is 0.416 e. The summed E-state index contributed by atoms with van der Waals surface area (Å²) >= 11 is 1.60. The normalized spacial score (nSPS) is 17.9. The average Bonchev–Trinajstić information content (AvgIpc) is 3.02. The van der Waals surface area contributed by atoms with Crippen LogP contribution in [0.2, 0.25) is 0 Å². The zero-order chi connectivity index (χ0) is 23.9. The molecule has 0 saturated carbocycles. The number of benzene rings is 1. The Kier molecular flexibility index (Phi) is 7.19. The first-order valence-corrected chi connectivity index (χ1v) is 11.9. The molecule has 1 unspecified atom stereocenters. The molecule has 1 N–H and O–H groups in total. The van der Waals surface area contributed by atoms with Crippen molar-refractivity contribution in [3.8, 4) is 5.75 Å². The number of thioether (sulfide) groups is 1. The lowest BCUT2D eigenvalue weighted by Crippen LogP contribution is -2.46. The van der Waals surface area contributed by atoms with Gasteiger partial charge in [0.2, 0.25) is 0 Å². The van der Waals surface area contributed by atoms with Gasteiger partial charge in [0.05, 0.1) is 5.70 Å². The first kappa shape index (κ1) is 25.6. The van der Waals surface area contributed by atoms with Crippen LogP contribution >= 0.6 is 11.8 Å². The second-order valence-electron chi connectivity index (χ2n) is 11.3. The molecule has 0 aromatic heterocycles. The minimum atomic E-state index is -0.590. The van der Waals surface area contributed by atoms with Crippen molar-refractivity contribution in [1.82, 2.24) is 9.80 Å². The minimum absolute atomic E-state index is 0.181. The Balaban J connectivity index is 2.67. The van der Waals surface area contributed by atoms with Crippen LogP contribution in [0.1, 0.15) is 85.9 Å². The second kappa shape index (κ2) is 8.70. The van der Waals surface area contributed by atoms with E-state index in [0.29, 0.717) is 5.75 Å². The largest absolute Gasteiger partial charge is 0.507 e. The maximum atomic E-state index is 13.3. The fourth-order valence-electron chi connectivity index (χ4n) is 3.45. The Morgan fingerprint density at radius 1 is 1.06 bits per heavy atom. The standard InChI is InChI=1S/C25H40N2O3S/c1-12-26(11)21-27(22(29)30-25(8,9)10)19(15-31-21)16-13-17(23(2,3)4)20(28)18(14-16)24(5,6)7/h13-15,21,28H,12H2,1-11H3. The lowest BCUT2D eigenvalue weighted by Gasteiger charge is -2.35.